The molecule has 0 radical (unpaired) electrons. The third-order valence-electron chi connectivity index (χ3n) is 12.8. The molecular formula is C41H62N4O4. The third kappa shape index (κ3) is 7.26. The number of aryl methyl sites for hydroxylation is 1. The van der Waals surface area contributed by atoms with Crippen LogP contribution in [0.5, 0.6) is 5.75 Å². The van der Waals surface area contributed by atoms with Crippen molar-refractivity contribution in [3.63, 3.8) is 0 Å². The highest BCUT2D eigenvalue weighted by Crippen LogP contribution is 2.61. The number of carbonyl (C=O) groups excluding carboxylic acids is 1. The molecule has 3 aliphatic carbocycles. The predicted octanol–water partition coefficient (Wildman–Crippen LogP) is 6.83. The van der Waals surface area contributed by atoms with Crippen molar-refractivity contribution in [2.24, 2.45) is 40.7 Å². The lowest BCUT2D eigenvalue weighted by molar-refractivity contribution is -0.175. The minimum absolute atomic E-state index is 0.0157. The first kappa shape index (κ1) is 36.2. The fraction of sp³-hybridized carbons (Fsp3) is 0.683. The second-order valence-electron chi connectivity index (χ2n) is 16.6. The number of hydrogen-bond acceptors (Lipinski definition) is 7. The number of ether oxygens (including phenoxy) is 2. The quantitative estimate of drug-likeness (QED) is 0.241. The summed E-state index contributed by atoms with van der Waals surface area (Å²) in [7, 11) is 5.93. The van der Waals surface area contributed by atoms with Gasteiger partial charge in [0.1, 0.15) is 11.8 Å². The summed E-state index contributed by atoms with van der Waals surface area (Å²) in [5, 5.41) is 5.44. The van der Waals surface area contributed by atoms with Gasteiger partial charge in [0.2, 0.25) is 5.91 Å². The molecule has 270 valence electrons. The van der Waals surface area contributed by atoms with Crippen molar-refractivity contribution in [2.75, 3.05) is 39.3 Å². The predicted molar refractivity (Wildman–Crippen MR) is 197 cm³/mol. The fourth-order valence-corrected chi connectivity index (χ4v) is 9.73. The van der Waals surface area contributed by atoms with Gasteiger partial charge in [-0.3, -0.25) is 9.63 Å². The fourth-order valence-electron chi connectivity index (χ4n) is 9.73. The van der Waals surface area contributed by atoms with Crippen molar-refractivity contribution < 1.29 is 19.1 Å². The van der Waals surface area contributed by atoms with Crippen LogP contribution in [0.4, 0.5) is 5.69 Å². The number of benzene rings is 2. The summed E-state index contributed by atoms with van der Waals surface area (Å²) in [6.45, 7) is 13.2. The topological polar surface area (TPSA) is 89.3 Å². The number of nitrogens with two attached hydrogens (primary N) is 1. The van der Waals surface area contributed by atoms with E-state index in [0.717, 1.165) is 54.7 Å². The van der Waals surface area contributed by atoms with Gasteiger partial charge in [0.05, 0.1) is 25.9 Å². The van der Waals surface area contributed by atoms with E-state index >= 15 is 0 Å². The van der Waals surface area contributed by atoms with E-state index in [2.05, 4.69) is 95.3 Å². The average Bonchev–Trinajstić information content (AvgIpc) is 3.73. The first-order valence-corrected chi connectivity index (χ1v) is 19.0. The molecule has 8 atom stereocenters. The maximum absolute atomic E-state index is 14.4. The Bertz CT molecular complexity index is 1450. The molecule has 3 N–H and O–H groups in total. The van der Waals surface area contributed by atoms with Crippen LogP contribution in [0, 0.1) is 35.0 Å². The van der Waals surface area contributed by atoms with Crippen molar-refractivity contribution in [1.82, 2.24) is 10.4 Å². The van der Waals surface area contributed by atoms with Gasteiger partial charge in [0.25, 0.3) is 0 Å². The molecule has 0 spiro atoms. The molecule has 2 saturated heterocycles. The Hall–Kier alpha value is -2.65. The number of nitrogens with one attached hydrogen (secondary N) is 1. The minimum Gasteiger partial charge on any atom is -0.496 e. The molecule has 5 aliphatic rings. The van der Waals surface area contributed by atoms with Crippen molar-refractivity contribution in [2.45, 2.75) is 110 Å². The van der Waals surface area contributed by atoms with E-state index in [1.807, 2.05) is 5.06 Å². The number of methoxy groups -OCH3 is 1. The second-order valence-corrected chi connectivity index (χ2v) is 16.6. The van der Waals surface area contributed by atoms with Gasteiger partial charge in [0.15, 0.2) is 0 Å². The van der Waals surface area contributed by atoms with Crippen molar-refractivity contribution in [3.8, 4) is 16.9 Å². The number of fused-ring (bicyclic) bond motifs is 2. The van der Waals surface area contributed by atoms with Crippen molar-refractivity contribution >= 4 is 11.6 Å². The Labute approximate surface area is 295 Å². The second kappa shape index (κ2) is 14.9. The molecule has 49 heavy (non-hydrogen) atoms. The molecule has 5 fully saturated rings. The Kier molecular flexibility index (Phi) is 11.0. The van der Waals surface area contributed by atoms with E-state index in [9.17, 15) is 4.79 Å². The van der Waals surface area contributed by atoms with Gasteiger partial charge < -0.3 is 25.4 Å². The number of amides is 1. The lowest BCUT2D eigenvalue weighted by atomic mass is 9.45. The van der Waals surface area contributed by atoms with Crippen LogP contribution < -0.4 is 20.7 Å². The molecule has 1 amide bonds. The zero-order valence-electron chi connectivity index (χ0n) is 31.3. The van der Waals surface area contributed by atoms with E-state index in [4.69, 9.17) is 20.0 Å². The van der Waals surface area contributed by atoms with Crippen LogP contribution in [-0.2, 0) is 27.3 Å². The monoisotopic (exact) mass is 674 g/mol. The van der Waals surface area contributed by atoms with E-state index in [1.165, 1.54) is 30.5 Å². The van der Waals surface area contributed by atoms with Gasteiger partial charge >= 0.3 is 0 Å². The van der Waals surface area contributed by atoms with Gasteiger partial charge in [-0.15, -0.1) is 0 Å². The van der Waals surface area contributed by atoms with Crippen molar-refractivity contribution in [1.29, 1.82) is 0 Å². The molecule has 0 aromatic heterocycles. The number of hydroxylamine groups is 2. The van der Waals surface area contributed by atoms with Crippen molar-refractivity contribution in [3.05, 3.63) is 47.5 Å². The smallest absolute Gasteiger partial charge is 0.240 e. The van der Waals surface area contributed by atoms with E-state index in [1.54, 1.807) is 7.11 Å². The van der Waals surface area contributed by atoms with Gasteiger partial charge in [-0.25, -0.2) is 0 Å². The Morgan fingerprint density at radius 2 is 1.98 bits per heavy atom. The minimum atomic E-state index is -0.437. The summed E-state index contributed by atoms with van der Waals surface area (Å²) in [4.78, 5) is 23.1. The summed E-state index contributed by atoms with van der Waals surface area (Å²) in [6.07, 6.45) is 8.09. The Morgan fingerprint density at radius 3 is 2.61 bits per heavy atom. The molecule has 2 heterocycles. The number of rotatable bonds is 13. The van der Waals surface area contributed by atoms with Crippen LogP contribution in [-0.4, -0.2) is 69.6 Å². The summed E-state index contributed by atoms with van der Waals surface area (Å²) >= 11 is 0. The van der Waals surface area contributed by atoms with E-state index in [-0.39, 0.29) is 29.9 Å². The van der Waals surface area contributed by atoms with Gasteiger partial charge in [-0.05, 0) is 97.3 Å². The van der Waals surface area contributed by atoms with Gasteiger partial charge in [0, 0.05) is 56.0 Å². The first-order chi connectivity index (χ1) is 23.4. The molecule has 7 rings (SSSR count). The Balaban J connectivity index is 1.25. The number of carbonyl (C=O) groups is 1. The summed E-state index contributed by atoms with van der Waals surface area (Å²) in [6, 6.07) is 12.9. The SMILES string of the molecule is COc1c(CN2O[C@@H](CN)[C@@H](C(C)C)[C@H]2C(=O)N[C@H]2C[C@H]3C[C@H]([C@@H]2C)C3(C)C)cccc1-c1cc(CCC[C@H]2CCCO2)cc(N(C)C)c1. The average molecular weight is 675 g/mol. The summed E-state index contributed by atoms with van der Waals surface area (Å²) < 4.78 is 12.1. The summed E-state index contributed by atoms with van der Waals surface area (Å²) in [5.74, 6) is 2.87. The highest BCUT2D eigenvalue weighted by Gasteiger charge is 2.57. The van der Waals surface area contributed by atoms with Crippen LogP contribution in [0.25, 0.3) is 11.1 Å². The molecular weight excluding hydrogens is 612 g/mol. The molecule has 2 aromatic carbocycles. The van der Waals surface area contributed by atoms with Crippen LogP contribution in [0.3, 0.4) is 0 Å². The maximum Gasteiger partial charge on any atom is 0.240 e. The zero-order valence-corrected chi connectivity index (χ0v) is 31.3. The van der Waals surface area contributed by atoms with Crippen LogP contribution in [0.15, 0.2) is 36.4 Å². The number of anilines is 1. The lowest BCUT2D eigenvalue weighted by Gasteiger charge is -2.62. The summed E-state index contributed by atoms with van der Waals surface area (Å²) in [5.41, 5.74) is 12.3. The van der Waals surface area contributed by atoms with Gasteiger partial charge in [-0.2, -0.15) is 5.06 Å². The van der Waals surface area contributed by atoms with Crippen LogP contribution >= 0.6 is 0 Å². The standard InChI is InChI=1S/C41H62N4O4/c1-25(2)37-36(23-42)49-45(38(37)40(46)43-35-22-30-21-34(26(35)3)41(30,4)5)24-28-13-10-16-33(39(28)47-8)29-18-27(19-31(20-29)44(6)7)12-9-14-32-15-11-17-48-32/h10,13,16,18-20,25-26,30,32,34-38H,9,11-12,14-15,17,21-24,42H2,1-8H3,(H,43,46)/t26-,30+,32-,34+,35-,36-,37+,38-/m0/s1. The normalized spacial score (nSPS) is 30.7. The van der Waals surface area contributed by atoms with Crippen LogP contribution in [0.2, 0.25) is 0 Å². The highest BCUT2D eigenvalue weighted by atomic mass is 16.7. The van der Waals surface area contributed by atoms with Gasteiger partial charge in [-0.1, -0.05) is 58.9 Å². The number of nitrogens with zero attached hydrogens (tertiary/aromatic N) is 2. The molecule has 2 aromatic rings. The number of hydrogen-bond donors (Lipinski definition) is 2. The molecule has 8 nitrogen and oxygen atoms in total. The maximum atomic E-state index is 14.4. The molecule has 3 saturated carbocycles. The zero-order chi connectivity index (χ0) is 35.0. The molecule has 2 bridgehead atoms. The molecule has 8 heteroatoms. The van der Waals surface area contributed by atoms with E-state index < -0.39 is 6.04 Å². The third-order valence-corrected chi connectivity index (χ3v) is 12.8. The molecule has 0 unspecified atom stereocenters. The largest absolute Gasteiger partial charge is 0.496 e. The number of para-hydroxylation sites is 1. The first-order valence-electron chi connectivity index (χ1n) is 19.0. The highest BCUT2D eigenvalue weighted by molar-refractivity contribution is 5.83. The van der Waals surface area contributed by atoms with E-state index in [0.29, 0.717) is 42.4 Å². The van der Waals surface area contributed by atoms with Crippen LogP contribution in [0.1, 0.15) is 84.3 Å². The Morgan fingerprint density at radius 1 is 1.18 bits per heavy atom. The lowest BCUT2D eigenvalue weighted by Crippen LogP contribution is -2.62. The molecule has 2 aliphatic heterocycles.